The van der Waals surface area contributed by atoms with Gasteiger partial charge in [-0.25, -0.2) is 0 Å². The molecule has 0 unspecified atom stereocenters. The van der Waals surface area contributed by atoms with Crippen molar-refractivity contribution < 1.29 is 4.52 Å². The summed E-state index contributed by atoms with van der Waals surface area (Å²) in [4.78, 5) is 0. The number of benzene rings is 1. The Hall–Kier alpha value is -1.68. The lowest BCUT2D eigenvalue weighted by atomic mass is 10.2. The van der Waals surface area contributed by atoms with Gasteiger partial charge in [0.1, 0.15) is 5.69 Å². The van der Waals surface area contributed by atoms with Gasteiger partial charge in [0.2, 0.25) is 0 Å². The Morgan fingerprint density at radius 2 is 1.85 bits per heavy atom. The Balaban J connectivity index is 0.000000396. The number of nitrogens with two attached hydrogens (primary N) is 1. The van der Waals surface area contributed by atoms with E-state index in [4.69, 9.17) is 0 Å². The molecular formula is C9H11N3O. The molecule has 68 valence electrons. The van der Waals surface area contributed by atoms with E-state index in [1.165, 1.54) is 13.3 Å². The van der Waals surface area contributed by atoms with Crippen LogP contribution in [0.2, 0.25) is 0 Å². The summed E-state index contributed by atoms with van der Waals surface area (Å²) in [6.07, 6.45) is 1.52. The summed E-state index contributed by atoms with van der Waals surface area (Å²) in [7, 11) is 1.50. The van der Waals surface area contributed by atoms with E-state index in [1.807, 2.05) is 30.3 Å². The van der Waals surface area contributed by atoms with Crippen LogP contribution >= 0.6 is 0 Å². The van der Waals surface area contributed by atoms with E-state index >= 15 is 0 Å². The van der Waals surface area contributed by atoms with Gasteiger partial charge in [-0.1, -0.05) is 30.3 Å². The summed E-state index contributed by atoms with van der Waals surface area (Å²) in [5, 5.41) is 7.14. The fourth-order valence-corrected chi connectivity index (χ4v) is 0.899. The molecule has 1 aromatic heterocycles. The van der Waals surface area contributed by atoms with Crippen LogP contribution in [-0.4, -0.2) is 17.4 Å². The summed E-state index contributed by atoms with van der Waals surface area (Å²) >= 11 is 0. The van der Waals surface area contributed by atoms with Crippen molar-refractivity contribution in [1.29, 1.82) is 0 Å². The molecule has 1 heterocycles. The van der Waals surface area contributed by atoms with Crippen LogP contribution in [0, 0.1) is 0 Å². The average molecular weight is 177 g/mol. The fraction of sp³-hybridized carbons (Fsp3) is 0.111. The van der Waals surface area contributed by atoms with Gasteiger partial charge in [0, 0.05) is 10.8 Å². The van der Waals surface area contributed by atoms with Crippen molar-refractivity contribution in [1.82, 2.24) is 10.4 Å². The van der Waals surface area contributed by atoms with Crippen LogP contribution in [0.3, 0.4) is 0 Å². The van der Waals surface area contributed by atoms with Crippen LogP contribution in [0.15, 0.2) is 41.1 Å². The largest absolute Gasteiger partial charge is 0.345 e. The normalized spacial score (nSPS) is 8.77. The van der Waals surface area contributed by atoms with Crippen molar-refractivity contribution in [2.45, 2.75) is 0 Å². The highest BCUT2D eigenvalue weighted by atomic mass is 16.5. The minimum Gasteiger partial charge on any atom is -0.345 e. The molecule has 0 radical (unpaired) electrons. The molecule has 2 rings (SSSR count). The number of hydrogen-bond donors (Lipinski definition) is 1. The van der Waals surface area contributed by atoms with Gasteiger partial charge in [0.15, 0.2) is 6.26 Å². The topological polar surface area (TPSA) is 64.9 Å². The molecule has 0 aliphatic heterocycles. The van der Waals surface area contributed by atoms with E-state index in [0.717, 1.165) is 11.3 Å². The lowest BCUT2D eigenvalue weighted by Crippen LogP contribution is -1.75. The Morgan fingerprint density at radius 3 is 2.38 bits per heavy atom. The Bertz CT molecular complexity index is 318. The molecule has 0 amide bonds. The van der Waals surface area contributed by atoms with Gasteiger partial charge < -0.3 is 10.3 Å². The molecule has 0 saturated heterocycles. The van der Waals surface area contributed by atoms with E-state index in [2.05, 4.69) is 20.6 Å². The average Bonchev–Trinajstić information content (AvgIpc) is 2.75. The molecule has 0 bridgehead atoms. The number of aromatic nitrogens is 2. The van der Waals surface area contributed by atoms with Crippen LogP contribution in [0.4, 0.5) is 0 Å². The summed E-state index contributed by atoms with van der Waals surface area (Å²) in [5.74, 6) is 0. The second-order valence-corrected chi connectivity index (χ2v) is 2.16. The summed E-state index contributed by atoms with van der Waals surface area (Å²) in [5.41, 5.74) is 6.29. The van der Waals surface area contributed by atoms with Gasteiger partial charge in [0.05, 0.1) is 0 Å². The van der Waals surface area contributed by atoms with Gasteiger partial charge in [0.25, 0.3) is 0 Å². The van der Waals surface area contributed by atoms with Gasteiger partial charge in [-0.15, -0.1) is 5.10 Å². The smallest absolute Gasteiger partial charge is 0.152 e. The molecular weight excluding hydrogens is 166 g/mol. The zero-order chi connectivity index (χ0) is 9.52. The highest BCUT2D eigenvalue weighted by Crippen LogP contribution is 2.13. The van der Waals surface area contributed by atoms with E-state index in [9.17, 15) is 0 Å². The third kappa shape index (κ3) is 2.38. The molecule has 13 heavy (non-hydrogen) atoms. The molecule has 0 aliphatic rings. The Morgan fingerprint density at radius 1 is 1.15 bits per heavy atom. The van der Waals surface area contributed by atoms with Gasteiger partial charge in [-0.3, -0.25) is 0 Å². The minimum atomic E-state index is 0.769. The maximum absolute atomic E-state index is 4.61. The Kier molecular flexibility index (Phi) is 3.66. The molecule has 0 spiro atoms. The van der Waals surface area contributed by atoms with Crippen molar-refractivity contribution in [3.8, 4) is 11.3 Å². The molecule has 0 fully saturated rings. The molecule has 1 aromatic carbocycles. The predicted molar refractivity (Wildman–Crippen MR) is 49.8 cm³/mol. The number of hydrogen-bond acceptors (Lipinski definition) is 4. The van der Waals surface area contributed by atoms with Crippen molar-refractivity contribution in [3.05, 3.63) is 36.6 Å². The van der Waals surface area contributed by atoms with Crippen molar-refractivity contribution in [2.75, 3.05) is 7.05 Å². The molecule has 2 N–H and O–H groups in total. The molecule has 0 atom stereocenters. The Labute approximate surface area is 76.4 Å². The lowest BCUT2D eigenvalue weighted by molar-refractivity contribution is 0.393. The molecule has 4 nitrogen and oxygen atoms in total. The first-order valence-electron chi connectivity index (χ1n) is 3.87. The molecule has 2 aromatic rings. The quantitative estimate of drug-likeness (QED) is 0.713. The van der Waals surface area contributed by atoms with Crippen molar-refractivity contribution in [3.63, 3.8) is 0 Å². The third-order valence-corrected chi connectivity index (χ3v) is 1.43. The zero-order valence-electron chi connectivity index (χ0n) is 7.34. The first kappa shape index (κ1) is 9.41. The van der Waals surface area contributed by atoms with Gasteiger partial charge in [-0.05, 0) is 7.05 Å². The van der Waals surface area contributed by atoms with Crippen LogP contribution in [-0.2, 0) is 0 Å². The molecule has 0 aliphatic carbocycles. The zero-order valence-corrected chi connectivity index (χ0v) is 7.34. The molecule has 4 heteroatoms. The highest BCUT2D eigenvalue weighted by molar-refractivity contribution is 5.56. The highest BCUT2D eigenvalue weighted by Gasteiger charge is 1.98. The summed E-state index contributed by atoms with van der Waals surface area (Å²) in [6, 6.07) is 9.77. The maximum Gasteiger partial charge on any atom is 0.152 e. The maximum atomic E-state index is 4.61. The lowest BCUT2D eigenvalue weighted by Gasteiger charge is -1.89. The number of rotatable bonds is 1. The monoisotopic (exact) mass is 177 g/mol. The van der Waals surface area contributed by atoms with E-state index in [0.29, 0.717) is 0 Å². The van der Waals surface area contributed by atoms with Crippen LogP contribution in [0.5, 0.6) is 0 Å². The number of nitrogens with zero attached hydrogens (tertiary/aromatic N) is 2. The SMILES string of the molecule is CN.c1ccc(-c2conn2)cc1. The molecule has 0 saturated carbocycles. The van der Waals surface area contributed by atoms with E-state index < -0.39 is 0 Å². The third-order valence-electron chi connectivity index (χ3n) is 1.43. The second kappa shape index (κ2) is 5.05. The first-order valence-corrected chi connectivity index (χ1v) is 3.87. The standard InChI is InChI=1S/C8H6N2O.CH5N/c1-2-4-7(5-3-1)8-6-11-10-9-8;1-2/h1-6H;2H2,1H3. The fourth-order valence-electron chi connectivity index (χ4n) is 0.899. The summed E-state index contributed by atoms with van der Waals surface area (Å²) < 4.78 is 4.61. The van der Waals surface area contributed by atoms with Gasteiger partial charge >= 0.3 is 0 Å². The predicted octanol–water partition coefficient (Wildman–Crippen LogP) is 1.31. The minimum absolute atomic E-state index is 0.769. The van der Waals surface area contributed by atoms with Crippen molar-refractivity contribution >= 4 is 0 Å². The van der Waals surface area contributed by atoms with Crippen molar-refractivity contribution in [2.24, 2.45) is 5.73 Å². The first-order chi connectivity index (χ1) is 6.47. The summed E-state index contributed by atoms with van der Waals surface area (Å²) in [6.45, 7) is 0. The van der Waals surface area contributed by atoms with Crippen LogP contribution in [0.25, 0.3) is 11.3 Å². The van der Waals surface area contributed by atoms with Crippen LogP contribution in [0.1, 0.15) is 0 Å². The second-order valence-electron chi connectivity index (χ2n) is 2.16. The van der Waals surface area contributed by atoms with Gasteiger partial charge in [-0.2, -0.15) is 0 Å². The van der Waals surface area contributed by atoms with E-state index in [1.54, 1.807) is 0 Å². The van der Waals surface area contributed by atoms with E-state index in [-0.39, 0.29) is 0 Å². The van der Waals surface area contributed by atoms with Crippen LogP contribution < -0.4 is 5.73 Å².